The maximum absolute atomic E-state index is 13.5. The van der Waals surface area contributed by atoms with E-state index in [0.717, 1.165) is 6.07 Å². The average Bonchev–Trinajstić information content (AvgIpc) is 2.37. The first-order valence-corrected chi connectivity index (χ1v) is 5.95. The lowest BCUT2D eigenvalue weighted by molar-refractivity contribution is 0.102. The zero-order valence-corrected chi connectivity index (χ0v) is 10.9. The molecule has 2 nitrogen and oxygen atoms in total. The van der Waals surface area contributed by atoms with Crippen LogP contribution in [0, 0.1) is 11.6 Å². The Balaban J connectivity index is 2.34. The molecule has 0 spiro atoms. The van der Waals surface area contributed by atoms with Crippen molar-refractivity contribution in [2.24, 2.45) is 0 Å². The topological polar surface area (TPSA) is 29.1 Å². The summed E-state index contributed by atoms with van der Waals surface area (Å²) >= 11 is 11.7. The molecule has 19 heavy (non-hydrogen) atoms. The molecule has 0 saturated heterocycles. The van der Waals surface area contributed by atoms with Crippen molar-refractivity contribution in [1.29, 1.82) is 0 Å². The molecule has 0 heterocycles. The van der Waals surface area contributed by atoms with E-state index >= 15 is 0 Å². The van der Waals surface area contributed by atoms with Gasteiger partial charge in [0.1, 0.15) is 0 Å². The van der Waals surface area contributed by atoms with Gasteiger partial charge in [-0.15, -0.1) is 0 Å². The Morgan fingerprint density at radius 2 is 1.58 bits per heavy atom. The molecule has 0 saturated carbocycles. The maximum Gasteiger partial charge on any atom is 0.258 e. The van der Waals surface area contributed by atoms with Crippen LogP contribution >= 0.6 is 23.2 Å². The van der Waals surface area contributed by atoms with Gasteiger partial charge in [0.05, 0.1) is 21.3 Å². The first kappa shape index (κ1) is 13.8. The maximum atomic E-state index is 13.5. The molecule has 0 aromatic heterocycles. The van der Waals surface area contributed by atoms with Crippen LogP contribution in [-0.4, -0.2) is 5.91 Å². The summed E-state index contributed by atoms with van der Waals surface area (Å²) in [6, 6.07) is 7.97. The van der Waals surface area contributed by atoms with Crippen LogP contribution in [0.1, 0.15) is 10.4 Å². The molecule has 1 amide bonds. The number of halogens is 4. The van der Waals surface area contributed by atoms with Gasteiger partial charge < -0.3 is 5.32 Å². The number of rotatable bonds is 2. The molecule has 0 atom stereocenters. The van der Waals surface area contributed by atoms with Gasteiger partial charge in [-0.1, -0.05) is 35.3 Å². The molecule has 0 aliphatic rings. The number of amides is 1. The first-order chi connectivity index (χ1) is 9.00. The second-order valence-corrected chi connectivity index (χ2v) is 4.47. The van der Waals surface area contributed by atoms with E-state index in [1.807, 2.05) is 0 Å². The highest BCUT2D eigenvalue weighted by Crippen LogP contribution is 2.30. The smallest absolute Gasteiger partial charge is 0.258 e. The Morgan fingerprint density at radius 3 is 2.21 bits per heavy atom. The van der Waals surface area contributed by atoms with Crippen molar-refractivity contribution in [3.05, 3.63) is 63.6 Å². The van der Waals surface area contributed by atoms with Gasteiger partial charge in [-0.2, -0.15) is 0 Å². The number of nitrogens with one attached hydrogen (secondary N) is 1. The van der Waals surface area contributed by atoms with Crippen LogP contribution in [0.2, 0.25) is 10.0 Å². The molecule has 2 aromatic rings. The molecule has 0 radical (unpaired) electrons. The summed E-state index contributed by atoms with van der Waals surface area (Å²) in [7, 11) is 0. The summed E-state index contributed by atoms with van der Waals surface area (Å²) in [6.07, 6.45) is 0. The van der Waals surface area contributed by atoms with Crippen LogP contribution in [0.4, 0.5) is 14.5 Å². The molecular weight excluding hydrogens is 295 g/mol. The number of para-hydroxylation sites is 1. The molecule has 0 aliphatic carbocycles. The fourth-order valence-electron chi connectivity index (χ4n) is 1.48. The second kappa shape index (κ2) is 5.55. The van der Waals surface area contributed by atoms with Crippen LogP contribution in [0.3, 0.4) is 0 Å². The van der Waals surface area contributed by atoms with E-state index in [4.69, 9.17) is 23.2 Å². The van der Waals surface area contributed by atoms with E-state index in [1.165, 1.54) is 24.3 Å². The number of benzene rings is 2. The molecule has 0 fully saturated rings. The standard InChI is InChI=1S/C13H7Cl2F2NO/c14-8-4-2-5-9(15)12(8)18-13(19)7-3-1-6-10(16)11(7)17/h1-6H,(H,18,19). The van der Waals surface area contributed by atoms with Crippen molar-refractivity contribution < 1.29 is 13.6 Å². The van der Waals surface area contributed by atoms with Crippen molar-refractivity contribution in [3.63, 3.8) is 0 Å². The van der Waals surface area contributed by atoms with Crippen LogP contribution < -0.4 is 5.32 Å². The van der Waals surface area contributed by atoms with E-state index < -0.39 is 23.1 Å². The third-order valence-electron chi connectivity index (χ3n) is 2.40. The molecule has 0 bridgehead atoms. The largest absolute Gasteiger partial charge is 0.319 e. The van der Waals surface area contributed by atoms with Crippen LogP contribution in [0.5, 0.6) is 0 Å². The van der Waals surface area contributed by atoms with Gasteiger partial charge in [0.2, 0.25) is 0 Å². The van der Waals surface area contributed by atoms with Crippen LogP contribution in [0.15, 0.2) is 36.4 Å². The molecular formula is C13H7Cl2F2NO. The van der Waals surface area contributed by atoms with Crippen molar-refractivity contribution in [2.45, 2.75) is 0 Å². The Morgan fingerprint density at radius 1 is 1.00 bits per heavy atom. The van der Waals surface area contributed by atoms with E-state index in [2.05, 4.69) is 5.32 Å². The van der Waals surface area contributed by atoms with Gasteiger partial charge in [-0.25, -0.2) is 8.78 Å². The molecule has 0 aliphatic heterocycles. The summed E-state index contributed by atoms with van der Waals surface area (Å²) in [4.78, 5) is 11.9. The third kappa shape index (κ3) is 2.85. The number of hydrogen-bond donors (Lipinski definition) is 1. The fourth-order valence-corrected chi connectivity index (χ4v) is 1.97. The van der Waals surface area contributed by atoms with Gasteiger partial charge in [0.25, 0.3) is 5.91 Å². The van der Waals surface area contributed by atoms with Crippen molar-refractivity contribution in [1.82, 2.24) is 0 Å². The van der Waals surface area contributed by atoms with Crippen LogP contribution in [-0.2, 0) is 0 Å². The highest BCUT2D eigenvalue weighted by molar-refractivity contribution is 6.40. The van der Waals surface area contributed by atoms with Gasteiger partial charge in [-0.3, -0.25) is 4.79 Å². The highest BCUT2D eigenvalue weighted by atomic mass is 35.5. The number of carbonyl (C=O) groups excluding carboxylic acids is 1. The Hall–Kier alpha value is -1.65. The Bertz CT molecular complexity index is 626. The van der Waals surface area contributed by atoms with Crippen molar-refractivity contribution in [3.8, 4) is 0 Å². The highest BCUT2D eigenvalue weighted by Gasteiger charge is 2.17. The summed E-state index contributed by atoms with van der Waals surface area (Å²) in [5, 5.41) is 2.77. The molecule has 6 heteroatoms. The minimum atomic E-state index is -1.22. The minimum absolute atomic E-state index is 0.152. The number of anilines is 1. The molecule has 98 valence electrons. The summed E-state index contributed by atoms with van der Waals surface area (Å²) in [5.41, 5.74) is -0.268. The third-order valence-corrected chi connectivity index (χ3v) is 3.03. The lowest BCUT2D eigenvalue weighted by Crippen LogP contribution is -2.15. The van der Waals surface area contributed by atoms with Crippen molar-refractivity contribution in [2.75, 3.05) is 5.32 Å². The van der Waals surface area contributed by atoms with E-state index in [-0.39, 0.29) is 15.7 Å². The van der Waals surface area contributed by atoms with Gasteiger partial charge >= 0.3 is 0 Å². The molecule has 2 aromatic carbocycles. The fraction of sp³-hybridized carbons (Fsp3) is 0. The SMILES string of the molecule is O=C(Nc1c(Cl)cccc1Cl)c1cccc(F)c1F. The quantitative estimate of drug-likeness (QED) is 0.868. The minimum Gasteiger partial charge on any atom is -0.319 e. The van der Waals surface area contributed by atoms with Crippen LogP contribution in [0.25, 0.3) is 0 Å². The lowest BCUT2D eigenvalue weighted by Gasteiger charge is -2.09. The van der Waals surface area contributed by atoms with Gasteiger partial charge in [0.15, 0.2) is 11.6 Å². The molecule has 0 unspecified atom stereocenters. The summed E-state index contributed by atoms with van der Waals surface area (Å²) < 4.78 is 26.5. The monoisotopic (exact) mass is 301 g/mol. The Labute approximate surface area is 118 Å². The zero-order chi connectivity index (χ0) is 14.0. The van der Waals surface area contributed by atoms with Gasteiger partial charge in [-0.05, 0) is 24.3 Å². The summed E-state index contributed by atoms with van der Waals surface area (Å²) in [6.45, 7) is 0. The predicted octanol–water partition coefficient (Wildman–Crippen LogP) is 4.52. The number of carbonyl (C=O) groups is 1. The van der Waals surface area contributed by atoms with E-state index in [1.54, 1.807) is 6.07 Å². The van der Waals surface area contributed by atoms with Gasteiger partial charge in [0, 0.05) is 0 Å². The lowest BCUT2D eigenvalue weighted by atomic mass is 10.2. The normalized spacial score (nSPS) is 10.3. The Kier molecular flexibility index (Phi) is 4.02. The molecule has 2 rings (SSSR count). The second-order valence-electron chi connectivity index (χ2n) is 3.65. The van der Waals surface area contributed by atoms with E-state index in [9.17, 15) is 13.6 Å². The molecule has 1 N–H and O–H groups in total. The summed E-state index contributed by atoms with van der Waals surface area (Å²) in [5.74, 6) is -3.15. The predicted molar refractivity (Wildman–Crippen MR) is 70.8 cm³/mol. The van der Waals surface area contributed by atoms with E-state index in [0.29, 0.717) is 0 Å². The first-order valence-electron chi connectivity index (χ1n) is 5.20. The zero-order valence-electron chi connectivity index (χ0n) is 9.38. The van der Waals surface area contributed by atoms with Crippen molar-refractivity contribution >= 4 is 34.8 Å². The average molecular weight is 302 g/mol. The number of hydrogen-bond acceptors (Lipinski definition) is 1.